The molecule has 10 rings (SSSR count). The molecule has 10 aromatic rings. The van der Waals surface area contributed by atoms with Gasteiger partial charge < -0.3 is 14.1 Å². The molecule has 0 fully saturated rings. The number of benzene rings is 7. The summed E-state index contributed by atoms with van der Waals surface area (Å²) in [5.41, 5.74) is 8.72. The van der Waals surface area contributed by atoms with Gasteiger partial charge in [0.25, 0.3) is 0 Å². The van der Waals surface area contributed by atoms with Crippen molar-refractivity contribution in [1.82, 2.24) is 14.1 Å². The first kappa shape index (κ1) is 30.9. The summed E-state index contributed by atoms with van der Waals surface area (Å²) in [4.78, 5) is 4.11. The number of aromatic nitrogens is 3. The van der Waals surface area contributed by atoms with Crippen LogP contribution in [0.15, 0.2) is 174 Å². The third-order valence-electron chi connectivity index (χ3n) is 10.6. The number of nitriles is 1. The highest BCUT2D eigenvalue weighted by Gasteiger charge is 2.26. The van der Waals surface area contributed by atoms with Crippen LogP contribution >= 0.6 is 0 Å². The van der Waals surface area contributed by atoms with Gasteiger partial charge >= 0.3 is 0 Å². The van der Waals surface area contributed by atoms with E-state index in [1.807, 2.05) is 30.3 Å². The highest BCUT2D eigenvalue weighted by atomic mass is 32.2. The quantitative estimate of drug-likeness (QED) is 0.175. The lowest BCUT2D eigenvalue weighted by molar-refractivity contribution is 0.596. The zero-order chi connectivity index (χ0) is 35.8. The molecule has 0 spiro atoms. The van der Waals surface area contributed by atoms with E-state index in [-0.39, 0.29) is 15.8 Å². The lowest BCUT2D eigenvalue weighted by Crippen LogP contribution is -2.07. The minimum absolute atomic E-state index is 0.142. The Balaban J connectivity index is 1.31. The number of sulfone groups is 1. The number of fused-ring (bicyclic) bond motifs is 11. The number of rotatable bonds is 6. The van der Waals surface area contributed by atoms with Gasteiger partial charge in [0.15, 0.2) is 0 Å². The van der Waals surface area contributed by atoms with Gasteiger partial charge in [0, 0.05) is 49.0 Å². The van der Waals surface area contributed by atoms with Crippen molar-refractivity contribution in [3.8, 4) is 11.8 Å². The highest BCUT2D eigenvalue weighted by Crippen LogP contribution is 2.45. The van der Waals surface area contributed by atoms with Crippen molar-refractivity contribution in [2.45, 2.75) is 15.8 Å². The van der Waals surface area contributed by atoms with E-state index in [0.717, 1.165) is 76.7 Å². The maximum absolute atomic E-state index is 13.7. The summed E-state index contributed by atoms with van der Waals surface area (Å²) in [6, 6.07) is 51.2. The molecule has 3 aromatic heterocycles. The summed E-state index contributed by atoms with van der Waals surface area (Å²) in [5.74, 6) is 0. The van der Waals surface area contributed by atoms with Crippen LogP contribution in [0.3, 0.4) is 0 Å². The predicted octanol–water partition coefficient (Wildman–Crippen LogP) is 11.0. The van der Waals surface area contributed by atoms with Crippen molar-refractivity contribution in [3.05, 3.63) is 175 Å². The predicted molar refractivity (Wildman–Crippen MR) is 215 cm³/mol. The van der Waals surface area contributed by atoms with Gasteiger partial charge in [-0.3, -0.25) is 0 Å². The van der Waals surface area contributed by atoms with Crippen molar-refractivity contribution in [2.24, 2.45) is 0 Å². The van der Waals surface area contributed by atoms with Crippen molar-refractivity contribution < 1.29 is 8.42 Å². The van der Waals surface area contributed by atoms with Crippen LogP contribution in [0.5, 0.6) is 0 Å². The van der Waals surface area contributed by atoms with E-state index in [0.29, 0.717) is 5.56 Å². The fraction of sp³-hybridized carbons (Fsp3) is 0.0217. The number of H-pyrrole nitrogens is 1. The topological polar surface area (TPSA) is 83.6 Å². The van der Waals surface area contributed by atoms with Gasteiger partial charge in [-0.2, -0.15) is 5.26 Å². The summed E-state index contributed by atoms with van der Waals surface area (Å²) in [6.07, 6.45) is 2.02. The normalized spacial score (nSPS) is 12.7. The van der Waals surface area contributed by atoms with Crippen LogP contribution in [0.4, 0.5) is 0 Å². The molecule has 0 aliphatic carbocycles. The van der Waals surface area contributed by atoms with Crippen LogP contribution in [-0.4, -0.2) is 22.5 Å². The van der Waals surface area contributed by atoms with Gasteiger partial charge in [-0.15, -0.1) is 6.58 Å². The molecule has 53 heavy (non-hydrogen) atoms. The van der Waals surface area contributed by atoms with Gasteiger partial charge in [0.05, 0.1) is 49.5 Å². The molecule has 6 nitrogen and oxygen atoms in total. The molecule has 0 aliphatic heterocycles. The fourth-order valence-corrected chi connectivity index (χ4v) is 9.48. The highest BCUT2D eigenvalue weighted by molar-refractivity contribution is 7.91. The van der Waals surface area contributed by atoms with E-state index in [2.05, 4.69) is 118 Å². The minimum atomic E-state index is -3.80. The summed E-state index contributed by atoms with van der Waals surface area (Å²) in [5, 5.41) is 16.0. The van der Waals surface area contributed by atoms with Gasteiger partial charge in [-0.1, -0.05) is 84.9 Å². The Kier molecular flexibility index (Phi) is 6.75. The van der Waals surface area contributed by atoms with E-state index >= 15 is 0 Å². The smallest absolute Gasteiger partial charge is 0.206 e. The molecule has 0 radical (unpaired) electrons. The van der Waals surface area contributed by atoms with Crippen molar-refractivity contribution in [1.29, 1.82) is 5.26 Å². The van der Waals surface area contributed by atoms with E-state index in [1.165, 1.54) is 24.3 Å². The maximum Gasteiger partial charge on any atom is 0.206 e. The largest absolute Gasteiger partial charge is 0.354 e. The monoisotopic (exact) mass is 702 g/mol. The Morgan fingerprint density at radius 3 is 1.96 bits per heavy atom. The van der Waals surface area contributed by atoms with Crippen molar-refractivity contribution in [3.63, 3.8) is 0 Å². The molecule has 0 saturated heterocycles. The van der Waals surface area contributed by atoms with E-state index in [1.54, 1.807) is 12.1 Å². The van der Waals surface area contributed by atoms with E-state index < -0.39 is 9.84 Å². The molecule has 252 valence electrons. The zero-order valence-electron chi connectivity index (χ0n) is 28.4. The number of allylic oxidation sites excluding steroid dienone is 1. The number of hydrogen-bond acceptors (Lipinski definition) is 3. The van der Waals surface area contributed by atoms with Gasteiger partial charge in [0.2, 0.25) is 9.84 Å². The second kappa shape index (κ2) is 11.6. The Labute approximate surface area is 305 Å². The second-order valence-corrected chi connectivity index (χ2v) is 15.3. The molecule has 7 aromatic carbocycles. The first-order chi connectivity index (χ1) is 26.0. The summed E-state index contributed by atoms with van der Waals surface area (Å²) in [6.45, 7) is 4.34. The van der Waals surface area contributed by atoms with Crippen LogP contribution in [0, 0.1) is 11.3 Å². The third kappa shape index (κ3) is 4.46. The second-order valence-electron chi connectivity index (χ2n) is 13.4. The first-order valence-electron chi connectivity index (χ1n) is 17.4. The van der Waals surface area contributed by atoms with Gasteiger partial charge in [0.1, 0.15) is 0 Å². The molecule has 3 heterocycles. The molecular formula is C46H30N4O2S. The van der Waals surface area contributed by atoms with Crippen molar-refractivity contribution >= 4 is 75.3 Å². The molecule has 0 aliphatic rings. The molecule has 1 unspecified atom stereocenters. The molecule has 1 N–H and O–H groups in total. The Bertz CT molecular complexity index is 3250. The summed E-state index contributed by atoms with van der Waals surface area (Å²) < 4.78 is 32.0. The van der Waals surface area contributed by atoms with Gasteiger partial charge in [-0.05, 0) is 78.4 Å². The van der Waals surface area contributed by atoms with E-state index in [9.17, 15) is 13.7 Å². The van der Waals surface area contributed by atoms with Crippen LogP contribution in [-0.2, 0) is 9.84 Å². The SMILES string of the molecule is C=CC(c1ccccc1)n1c2ccccc2c2ccc3c(c4c5[nH]c6ccccc6c5ccc4n3-c3ccc(S(=O)(=O)c4ccc(C#N)cc4)cc3)c21. The third-order valence-corrected chi connectivity index (χ3v) is 12.4. The number of para-hydroxylation sites is 2. The number of hydrogen-bond donors (Lipinski definition) is 1. The zero-order valence-corrected chi connectivity index (χ0v) is 29.2. The Hall–Kier alpha value is -6.88. The van der Waals surface area contributed by atoms with Crippen molar-refractivity contribution in [2.75, 3.05) is 0 Å². The number of aromatic amines is 1. The molecule has 7 heteroatoms. The molecule has 1 atom stereocenters. The van der Waals surface area contributed by atoms with Crippen LogP contribution in [0.25, 0.3) is 71.1 Å². The number of nitrogens with zero attached hydrogens (tertiary/aromatic N) is 3. The summed E-state index contributed by atoms with van der Waals surface area (Å²) >= 11 is 0. The summed E-state index contributed by atoms with van der Waals surface area (Å²) in [7, 11) is -3.80. The molecule has 0 amide bonds. The van der Waals surface area contributed by atoms with E-state index in [4.69, 9.17) is 0 Å². The molecule has 0 saturated carbocycles. The van der Waals surface area contributed by atoms with Crippen LogP contribution < -0.4 is 0 Å². The standard InChI is InChI=1S/C46H30N4O2S/c1-2-39(30-10-4-3-5-11-30)50-40-15-9-7-13-35(40)37-25-27-42-44(46(37)50)43-41(26-24-36-34-12-6-8-14-38(34)48-45(36)43)49(42)31-18-22-33(23-19-31)53(51,52)32-20-16-29(28-47)17-21-32/h2-27,39,48H,1H2. The lowest BCUT2D eigenvalue weighted by atomic mass is 10.0. The first-order valence-corrected chi connectivity index (χ1v) is 18.9. The lowest BCUT2D eigenvalue weighted by Gasteiger charge is -2.19. The fourth-order valence-electron chi connectivity index (χ4n) is 8.22. The minimum Gasteiger partial charge on any atom is -0.354 e. The average Bonchev–Trinajstić information content (AvgIpc) is 3.87. The van der Waals surface area contributed by atoms with Crippen LogP contribution in [0.2, 0.25) is 0 Å². The van der Waals surface area contributed by atoms with Crippen LogP contribution in [0.1, 0.15) is 17.2 Å². The van der Waals surface area contributed by atoms with Gasteiger partial charge in [-0.25, -0.2) is 8.42 Å². The number of nitrogens with one attached hydrogen (secondary N) is 1. The molecular weight excluding hydrogens is 673 g/mol. The Morgan fingerprint density at radius 1 is 0.623 bits per heavy atom. The maximum atomic E-state index is 13.7. The molecule has 0 bridgehead atoms. The Morgan fingerprint density at radius 2 is 1.25 bits per heavy atom. The average molecular weight is 703 g/mol.